The van der Waals surface area contributed by atoms with Crippen LogP contribution >= 0.6 is 0 Å². The summed E-state index contributed by atoms with van der Waals surface area (Å²) in [5.41, 5.74) is 4.36. The van der Waals surface area contributed by atoms with Crippen molar-refractivity contribution in [2.45, 2.75) is 26.4 Å². The van der Waals surface area contributed by atoms with Gasteiger partial charge in [-0.15, -0.1) is 0 Å². The summed E-state index contributed by atoms with van der Waals surface area (Å²) in [4.78, 5) is 4.03. The number of ether oxygens (including phenoxy) is 2. The molecule has 0 N–H and O–H groups in total. The Morgan fingerprint density at radius 1 is 1.13 bits per heavy atom. The molecule has 0 saturated carbocycles. The van der Waals surface area contributed by atoms with E-state index in [1.54, 1.807) is 37.7 Å². The van der Waals surface area contributed by atoms with E-state index in [0.29, 0.717) is 18.1 Å². The zero-order valence-corrected chi connectivity index (χ0v) is 17.2. The number of nitrogens with zero attached hydrogens (tertiary/aromatic N) is 2. The Morgan fingerprint density at radius 3 is 2.43 bits per heavy atom. The molecule has 0 aliphatic heterocycles. The number of methoxy groups -OCH3 is 1. The first-order valence-electron chi connectivity index (χ1n) is 9.63. The van der Waals surface area contributed by atoms with Gasteiger partial charge in [-0.3, -0.25) is 4.98 Å². The van der Waals surface area contributed by atoms with Crippen molar-refractivity contribution in [1.82, 2.24) is 4.98 Å². The average Bonchev–Trinajstić information content (AvgIpc) is 2.76. The molecule has 3 aromatic rings. The van der Waals surface area contributed by atoms with E-state index in [4.69, 9.17) is 14.7 Å². The zero-order valence-electron chi connectivity index (χ0n) is 17.2. The molecule has 0 aliphatic rings. The van der Waals surface area contributed by atoms with Gasteiger partial charge in [-0.05, 0) is 64.6 Å². The van der Waals surface area contributed by atoms with E-state index in [9.17, 15) is 4.39 Å². The van der Waals surface area contributed by atoms with Crippen LogP contribution in [0.2, 0.25) is 0 Å². The molecular weight excluding hydrogens is 379 g/mol. The van der Waals surface area contributed by atoms with Gasteiger partial charge >= 0.3 is 0 Å². The van der Waals surface area contributed by atoms with Gasteiger partial charge in [-0.1, -0.05) is 26.0 Å². The van der Waals surface area contributed by atoms with Crippen LogP contribution in [0.4, 0.5) is 4.39 Å². The Hall–Kier alpha value is -3.65. The van der Waals surface area contributed by atoms with Gasteiger partial charge in [-0.2, -0.15) is 5.26 Å². The molecule has 1 aromatic heterocycles. The summed E-state index contributed by atoms with van der Waals surface area (Å²) in [6.45, 7) is 4.46. The Bertz CT molecular complexity index is 1070. The summed E-state index contributed by atoms with van der Waals surface area (Å²) >= 11 is 0. The molecule has 0 spiro atoms. The number of halogens is 1. The molecule has 5 heteroatoms. The third kappa shape index (κ3) is 4.66. The van der Waals surface area contributed by atoms with E-state index in [1.807, 2.05) is 18.2 Å². The van der Waals surface area contributed by atoms with Crippen LogP contribution in [-0.2, 0) is 6.61 Å². The lowest BCUT2D eigenvalue weighted by Gasteiger charge is -2.22. The summed E-state index contributed by atoms with van der Waals surface area (Å²) in [5, 5.41) is 9.13. The number of hydrogen-bond acceptors (Lipinski definition) is 4. The zero-order chi connectivity index (χ0) is 21.5. The van der Waals surface area contributed by atoms with Crippen molar-refractivity contribution in [1.29, 1.82) is 5.26 Å². The molecule has 0 aliphatic carbocycles. The quantitative estimate of drug-likeness (QED) is 0.446. The van der Waals surface area contributed by atoms with Gasteiger partial charge in [0.05, 0.1) is 13.2 Å². The van der Waals surface area contributed by atoms with Crippen LogP contribution in [0.1, 0.15) is 36.5 Å². The highest BCUT2D eigenvalue weighted by atomic mass is 19.1. The predicted molar refractivity (Wildman–Crippen MR) is 116 cm³/mol. The number of aromatic nitrogens is 1. The first-order chi connectivity index (χ1) is 14.5. The highest BCUT2D eigenvalue weighted by molar-refractivity contribution is 5.85. The van der Waals surface area contributed by atoms with Crippen LogP contribution in [0.25, 0.3) is 17.2 Å². The topological polar surface area (TPSA) is 55.1 Å². The Morgan fingerprint density at radius 2 is 1.83 bits per heavy atom. The standard InChI is InChI=1S/C25H23FN2O2/c1-17(2)22-15-23(29-3)25(30-16-18-10-13-28-14-11-18)24(21(22)5-4-12-27)19-6-8-20(26)9-7-19/h4-11,13-15,17H,16H2,1-3H3/b5-4+. The predicted octanol–water partition coefficient (Wildman–Crippen LogP) is 6.14. The first-order valence-corrected chi connectivity index (χ1v) is 9.63. The molecule has 0 saturated heterocycles. The van der Waals surface area contributed by atoms with Crippen LogP contribution in [0, 0.1) is 17.1 Å². The van der Waals surface area contributed by atoms with Gasteiger partial charge in [-0.25, -0.2) is 4.39 Å². The fourth-order valence-corrected chi connectivity index (χ4v) is 3.28. The summed E-state index contributed by atoms with van der Waals surface area (Å²) in [6.07, 6.45) is 6.62. The number of hydrogen-bond donors (Lipinski definition) is 0. The molecule has 4 nitrogen and oxygen atoms in total. The van der Waals surface area contributed by atoms with Gasteiger partial charge < -0.3 is 9.47 Å². The molecular formula is C25H23FN2O2. The minimum atomic E-state index is -0.320. The number of rotatable bonds is 7. The second-order valence-corrected chi connectivity index (χ2v) is 7.05. The summed E-state index contributed by atoms with van der Waals surface area (Å²) in [6, 6.07) is 14.0. The molecule has 0 amide bonds. The minimum Gasteiger partial charge on any atom is -0.493 e. The van der Waals surface area contributed by atoms with Gasteiger partial charge in [0.15, 0.2) is 11.5 Å². The van der Waals surface area contributed by atoms with Crippen molar-refractivity contribution in [3.05, 3.63) is 83.4 Å². The Kier molecular flexibility index (Phi) is 6.82. The molecule has 0 unspecified atom stereocenters. The largest absolute Gasteiger partial charge is 0.493 e. The third-order valence-corrected chi connectivity index (χ3v) is 4.75. The van der Waals surface area contributed by atoms with E-state index < -0.39 is 0 Å². The van der Waals surface area contributed by atoms with Gasteiger partial charge in [0, 0.05) is 24.0 Å². The Labute approximate surface area is 176 Å². The lowest BCUT2D eigenvalue weighted by atomic mass is 9.88. The van der Waals surface area contributed by atoms with Crippen molar-refractivity contribution in [2.24, 2.45) is 0 Å². The van der Waals surface area contributed by atoms with Crippen LogP contribution in [0.15, 0.2) is 60.9 Å². The normalized spacial score (nSPS) is 10.9. The number of nitriles is 1. The van der Waals surface area contributed by atoms with Crippen molar-refractivity contribution in [3.8, 4) is 28.7 Å². The fourth-order valence-electron chi connectivity index (χ4n) is 3.28. The van der Waals surface area contributed by atoms with Crippen molar-refractivity contribution in [2.75, 3.05) is 7.11 Å². The van der Waals surface area contributed by atoms with Crippen LogP contribution in [0.5, 0.6) is 11.5 Å². The highest BCUT2D eigenvalue weighted by Crippen LogP contribution is 2.45. The third-order valence-electron chi connectivity index (χ3n) is 4.75. The lowest BCUT2D eigenvalue weighted by Crippen LogP contribution is -2.04. The molecule has 30 heavy (non-hydrogen) atoms. The number of pyridine rings is 1. The van der Waals surface area contributed by atoms with E-state index in [1.165, 1.54) is 18.2 Å². The maximum atomic E-state index is 13.6. The maximum Gasteiger partial charge on any atom is 0.170 e. The average molecular weight is 402 g/mol. The lowest BCUT2D eigenvalue weighted by molar-refractivity contribution is 0.285. The maximum absolute atomic E-state index is 13.6. The van der Waals surface area contributed by atoms with Crippen LogP contribution in [-0.4, -0.2) is 12.1 Å². The molecule has 0 bridgehead atoms. The number of allylic oxidation sites excluding steroid dienone is 1. The van der Waals surface area contributed by atoms with E-state index >= 15 is 0 Å². The monoisotopic (exact) mass is 402 g/mol. The van der Waals surface area contributed by atoms with Crippen LogP contribution in [0.3, 0.4) is 0 Å². The summed E-state index contributed by atoms with van der Waals surface area (Å²) in [5.74, 6) is 0.980. The van der Waals surface area contributed by atoms with Crippen molar-refractivity contribution >= 4 is 6.08 Å². The smallest absolute Gasteiger partial charge is 0.170 e. The van der Waals surface area contributed by atoms with E-state index in [0.717, 1.165) is 27.8 Å². The molecule has 0 atom stereocenters. The van der Waals surface area contributed by atoms with E-state index in [2.05, 4.69) is 24.9 Å². The molecule has 3 rings (SSSR count). The molecule has 2 aromatic carbocycles. The molecule has 1 heterocycles. The summed E-state index contributed by atoms with van der Waals surface area (Å²) in [7, 11) is 1.60. The SMILES string of the molecule is COc1cc(C(C)C)c(/C=C/C#N)c(-c2ccc(F)cc2)c1OCc1ccncc1. The van der Waals surface area contributed by atoms with Crippen molar-refractivity contribution < 1.29 is 13.9 Å². The first kappa shape index (κ1) is 21.1. The van der Waals surface area contributed by atoms with Gasteiger partial charge in [0.25, 0.3) is 0 Å². The van der Waals surface area contributed by atoms with Gasteiger partial charge in [0.2, 0.25) is 0 Å². The minimum absolute atomic E-state index is 0.172. The van der Waals surface area contributed by atoms with Gasteiger partial charge in [0.1, 0.15) is 12.4 Å². The fraction of sp³-hybridized carbons (Fsp3) is 0.200. The summed E-state index contributed by atoms with van der Waals surface area (Å²) < 4.78 is 25.5. The molecule has 152 valence electrons. The van der Waals surface area contributed by atoms with Crippen molar-refractivity contribution in [3.63, 3.8) is 0 Å². The molecule has 0 radical (unpaired) electrons. The highest BCUT2D eigenvalue weighted by Gasteiger charge is 2.22. The molecule has 0 fully saturated rings. The second kappa shape index (κ2) is 9.71. The number of benzene rings is 2. The second-order valence-electron chi connectivity index (χ2n) is 7.05. The Balaban J connectivity index is 2.25. The van der Waals surface area contributed by atoms with E-state index in [-0.39, 0.29) is 11.7 Å². The van der Waals surface area contributed by atoms with Crippen LogP contribution < -0.4 is 9.47 Å².